The maximum atomic E-state index is 15.4. The Hall–Kier alpha value is -5.86. The molecule has 0 bridgehead atoms. The van der Waals surface area contributed by atoms with Gasteiger partial charge < -0.3 is 65.4 Å². The number of rotatable bonds is 20. The molecule has 2 fully saturated rings. The molecular weight excluding hydrogens is 1240 g/mol. The lowest BCUT2D eigenvalue weighted by Crippen LogP contribution is -2.64. The molecule has 2 heterocycles. The van der Waals surface area contributed by atoms with Gasteiger partial charge in [0.15, 0.2) is 5.37 Å². The van der Waals surface area contributed by atoms with Gasteiger partial charge in [0, 0.05) is 62.4 Å². The van der Waals surface area contributed by atoms with Crippen molar-refractivity contribution in [1.82, 2.24) is 60.5 Å². The number of carbonyl (C=O) groups excluding carboxylic acids is 11. The van der Waals surface area contributed by atoms with Gasteiger partial charge >= 0.3 is 0 Å². The normalized spacial score (nSPS) is 27.6. The predicted molar refractivity (Wildman–Crippen MR) is 372 cm³/mol. The van der Waals surface area contributed by atoms with Crippen LogP contribution in [0.3, 0.4) is 0 Å². The summed E-state index contributed by atoms with van der Waals surface area (Å²) in [5.41, 5.74) is 0. The summed E-state index contributed by atoms with van der Waals surface area (Å²) < 4.78 is 5.56. The van der Waals surface area contributed by atoms with Gasteiger partial charge in [-0.25, -0.2) is 0 Å². The lowest BCUT2D eigenvalue weighted by molar-refractivity contribution is -0.157. The molecule has 0 aromatic rings. The largest absolute Gasteiger partial charge is 0.390 e. The van der Waals surface area contributed by atoms with E-state index in [0.29, 0.717) is 44.8 Å². The first kappa shape index (κ1) is 85.2. The van der Waals surface area contributed by atoms with Gasteiger partial charge in [-0.15, -0.1) is 11.8 Å². The van der Waals surface area contributed by atoms with Gasteiger partial charge in [-0.05, 0) is 113 Å². The standard InChI is InChI=1S/C69H124N12O13S/c1-25-28-30-46(15)57(82)56-61(86)72-49(27-3)63(88)80(24)69(95-36-29-31-81-32-34-94-35-33-81)68(93)78(22)55(45(14)26-2)60(85)73-53(43(10)11)66(91)74(18)50(37-40(4)5)59(84)70-47(16)58(83)71-48(17)62(87)75(19)51(38-41(6)7)64(89)76(20)52(39-42(8)9)65(90)77(21)54(44(12)13)67(92)79(56)23/h25,28,40-57,69,82H,26-27,29-39H2,1-24H3,(H,70,84)(H,71,83)(H,72,86)(H,73,85)/t45?,46-,47+,48-,49+,50+,51+,52+,53+,54+,55+,56+,57-,69-/m1/s1. The average Bonchev–Trinajstić information content (AvgIpc) is 0.815. The summed E-state index contributed by atoms with van der Waals surface area (Å²) >= 11 is 1.20. The molecule has 2 aliphatic heterocycles. The van der Waals surface area contributed by atoms with E-state index in [-0.39, 0.29) is 43.4 Å². The first-order chi connectivity index (χ1) is 44.2. The van der Waals surface area contributed by atoms with E-state index >= 15 is 33.6 Å². The van der Waals surface area contributed by atoms with Crippen molar-refractivity contribution in [3.05, 3.63) is 12.2 Å². The molecule has 544 valence electrons. The van der Waals surface area contributed by atoms with Crippen LogP contribution < -0.4 is 21.3 Å². The highest BCUT2D eigenvalue weighted by Gasteiger charge is 2.47. The molecule has 95 heavy (non-hydrogen) atoms. The fourth-order valence-corrected chi connectivity index (χ4v) is 13.5. The number of nitrogens with zero attached hydrogens (tertiary/aromatic N) is 8. The summed E-state index contributed by atoms with van der Waals surface area (Å²) in [6.07, 6.45) is 3.86. The zero-order valence-corrected chi connectivity index (χ0v) is 63.0. The Balaban J connectivity index is 3.10. The highest BCUT2D eigenvalue weighted by Crippen LogP contribution is 2.28. The van der Waals surface area contributed by atoms with Crippen molar-refractivity contribution < 1.29 is 62.6 Å². The topological polar surface area (TPSA) is 291 Å². The molecule has 2 rings (SSSR count). The second-order valence-electron chi connectivity index (χ2n) is 28.5. The molecule has 0 aliphatic carbocycles. The van der Waals surface area contributed by atoms with E-state index in [9.17, 15) is 24.3 Å². The number of nitrogens with one attached hydrogen (secondary N) is 4. The second-order valence-corrected chi connectivity index (χ2v) is 29.7. The van der Waals surface area contributed by atoms with Crippen LogP contribution in [0.1, 0.15) is 163 Å². The minimum atomic E-state index is -1.64. The van der Waals surface area contributed by atoms with Crippen LogP contribution in [0.5, 0.6) is 0 Å². The monoisotopic (exact) mass is 1360 g/mol. The van der Waals surface area contributed by atoms with Crippen LogP contribution in [-0.2, 0) is 57.5 Å². The van der Waals surface area contributed by atoms with Crippen molar-refractivity contribution in [2.45, 2.75) is 235 Å². The van der Waals surface area contributed by atoms with Crippen LogP contribution in [0, 0.1) is 41.4 Å². The van der Waals surface area contributed by atoms with Gasteiger partial charge in [0.05, 0.1) is 19.3 Å². The third-order valence-corrected chi connectivity index (χ3v) is 20.0. The summed E-state index contributed by atoms with van der Waals surface area (Å²) in [6, 6.07) is -12.6. The zero-order chi connectivity index (χ0) is 72.8. The van der Waals surface area contributed by atoms with E-state index in [1.807, 2.05) is 61.5 Å². The van der Waals surface area contributed by atoms with Gasteiger partial charge in [-0.2, -0.15) is 0 Å². The van der Waals surface area contributed by atoms with Crippen molar-refractivity contribution in [3.63, 3.8) is 0 Å². The Labute approximate surface area is 573 Å². The Bertz CT molecular complexity index is 2580. The Morgan fingerprint density at radius 3 is 1.48 bits per heavy atom. The van der Waals surface area contributed by atoms with Crippen molar-refractivity contribution in [3.8, 4) is 0 Å². The Kier molecular flexibility index (Phi) is 36.0. The van der Waals surface area contributed by atoms with Gasteiger partial charge in [0.2, 0.25) is 59.1 Å². The Morgan fingerprint density at radius 2 is 0.989 bits per heavy atom. The number of allylic oxidation sites excluding steroid dienone is 2. The molecule has 0 aromatic heterocycles. The third kappa shape index (κ3) is 24.0. The summed E-state index contributed by atoms with van der Waals surface area (Å²) in [5, 5.41) is 22.3. The molecule has 25 nitrogen and oxygen atoms in total. The molecule has 0 aromatic carbocycles. The predicted octanol–water partition coefficient (Wildman–Crippen LogP) is 4.05. The van der Waals surface area contributed by atoms with Crippen molar-refractivity contribution >= 4 is 76.7 Å². The summed E-state index contributed by atoms with van der Waals surface area (Å²) in [7, 11) is 10.1. The lowest BCUT2D eigenvalue weighted by Gasteiger charge is -2.41. The first-order valence-electron chi connectivity index (χ1n) is 34.5. The molecule has 0 spiro atoms. The van der Waals surface area contributed by atoms with E-state index in [4.69, 9.17) is 4.74 Å². The highest BCUT2D eigenvalue weighted by molar-refractivity contribution is 8.00. The lowest BCUT2D eigenvalue weighted by atomic mass is 9.91. The van der Waals surface area contributed by atoms with E-state index in [2.05, 4.69) is 26.2 Å². The number of carbonyl (C=O) groups is 11. The molecule has 0 saturated carbocycles. The van der Waals surface area contributed by atoms with Gasteiger partial charge in [-0.1, -0.05) is 116 Å². The van der Waals surface area contributed by atoms with Crippen LogP contribution in [0.15, 0.2) is 12.2 Å². The van der Waals surface area contributed by atoms with E-state index in [1.54, 1.807) is 54.5 Å². The fourth-order valence-electron chi connectivity index (χ4n) is 12.3. The minimum Gasteiger partial charge on any atom is -0.390 e. The molecular formula is C69H124N12O13S. The van der Waals surface area contributed by atoms with Crippen molar-refractivity contribution in [1.29, 1.82) is 0 Å². The smallest absolute Gasteiger partial charge is 0.256 e. The number of aliphatic hydroxyl groups is 1. The molecule has 14 atom stereocenters. The highest BCUT2D eigenvalue weighted by atomic mass is 32.2. The van der Waals surface area contributed by atoms with Crippen LogP contribution in [0.4, 0.5) is 0 Å². The Morgan fingerprint density at radius 1 is 0.516 bits per heavy atom. The molecule has 0 radical (unpaired) electrons. The van der Waals surface area contributed by atoms with E-state index < -0.39 is 161 Å². The minimum absolute atomic E-state index is 0.00297. The van der Waals surface area contributed by atoms with Crippen LogP contribution in [0.25, 0.3) is 0 Å². The number of aliphatic hydroxyl groups excluding tert-OH is 1. The number of hydrogen-bond acceptors (Lipinski definition) is 15. The summed E-state index contributed by atoms with van der Waals surface area (Å²) in [4.78, 5) is 175. The molecule has 26 heteroatoms. The average molecular weight is 1360 g/mol. The van der Waals surface area contributed by atoms with Gasteiger partial charge in [0.1, 0.15) is 60.4 Å². The molecule has 11 amide bonds. The van der Waals surface area contributed by atoms with E-state index in [0.717, 1.165) is 18.0 Å². The van der Waals surface area contributed by atoms with Crippen LogP contribution in [0.2, 0.25) is 0 Å². The maximum absolute atomic E-state index is 15.4. The second kappa shape index (κ2) is 40.1. The molecule has 5 N–H and O–H groups in total. The van der Waals surface area contributed by atoms with Crippen molar-refractivity contribution in [2.75, 3.05) is 87.9 Å². The van der Waals surface area contributed by atoms with Crippen molar-refractivity contribution in [2.24, 2.45) is 41.4 Å². The number of amides is 11. The van der Waals surface area contributed by atoms with E-state index in [1.165, 1.54) is 104 Å². The number of ether oxygens (including phenoxy) is 1. The molecule has 1 unspecified atom stereocenters. The quantitative estimate of drug-likeness (QED) is 0.0849. The fraction of sp³-hybridized carbons (Fsp3) is 0.812. The summed E-state index contributed by atoms with van der Waals surface area (Å²) in [6.45, 7) is 33.3. The number of likely N-dealkylation sites (N-methyl/N-ethyl adjacent to an activating group) is 7. The molecule has 2 saturated heterocycles. The SMILES string of the molecule is CC=CC[C@@H](C)[C@@H](O)[C@H]1C(=O)N[C@@H](CC)C(=O)N(C)[C@H](SCCCN2CCOCC2)C(=O)N(C)[C@@H](C(C)CC)C(=O)N[C@@H](C(C)C)C(=O)N(C)[C@@H](CC(C)C)C(=O)N[C@@H](C)C(=O)N[C@H](C)C(=O)N(C)[C@@H](CC(C)C)C(=O)N(C)[C@@H](CC(C)C)C(=O)N(C)[C@@H](C(C)C)C(=O)N1C. The van der Waals surface area contributed by atoms with Gasteiger partial charge in [0.25, 0.3) is 5.91 Å². The van der Waals surface area contributed by atoms with Crippen LogP contribution in [-0.4, -0.2) is 269 Å². The summed E-state index contributed by atoms with van der Waals surface area (Å²) in [5.74, 6) is -9.74. The number of thioether (sulfide) groups is 1. The zero-order valence-electron chi connectivity index (χ0n) is 62.1. The van der Waals surface area contributed by atoms with Gasteiger partial charge in [-0.3, -0.25) is 57.6 Å². The molecule has 2 aliphatic rings. The number of hydrogen-bond donors (Lipinski definition) is 5. The number of morpholine rings is 1. The van der Waals surface area contributed by atoms with Crippen LogP contribution >= 0.6 is 11.8 Å². The maximum Gasteiger partial charge on any atom is 0.256 e. The first-order valence-corrected chi connectivity index (χ1v) is 35.6. The third-order valence-electron chi connectivity index (χ3n) is 18.6.